The van der Waals surface area contributed by atoms with Gasteiger partial charge in [0.25, 0.3) is 0 Å². The van der Waals surface area contributed by atoms with E-state index in [2.05, 4.69) is 43.8 Å². The number of anilines is 1. The van der Waals surface area contributed by atoms with Crippen molar-refractivity contribution in [2.45, 2.75) is 13.0 Å². The van der Waals surface area contributed by atoms with Crippen LogP contribution in [-0.2, 0) is 0 Å². The number of quaternary nitrogens is 1. The Morgan fingerprint density at radius 3 is 2.52 bits per heavy atom. The molecule has 5 heteroatoms. The van der Waals surface area contributed by atoms with Crippen LogP contribution < -0.4 is 15.5 Å². The topological polar surface area (TPSA) is 41.6 Å². The van der Waals surface area contributed by atoms with Crippen LogP contribution >= 0.6 is 12.2 Å². The second-order valence-corrected chi connectivity index (χ2v) is 5.75. The summed E-state index contributed by atoms with van der Waals surface area (Å²) in [6.45, 7) is 2.78. The van der Waals surface area contributed by atoms with Gasteiger partial charge in [0.2, 0.25) is 0 Å². The molecule has 21 heavy (non-hydrogen) atoms. The third-order valence-electron chi connectivity index (χ3n) is 3.36. The summed E-state index contributed by atoms with van der Waals surface area (Å²) in [6.07, 6.45) is 1.70. The van der Waals surface area contributed by atoms with Crippen molar-refractivity contribution in [1.82, 2.24) is 5.32 Å². The van der Waals surface area contributed by atoms with Crippen LogP contribution in [0.1, 0.15) is 17.4 Å². The summed E-state index contributed by atoms with van der Waals surface area (Å²) in [7, 11) is 4.20. The fourth-order valence-electron chi connectivity index (χ4n) is 2.09. The molecule has 0 aliphatic heterocycles. The highest BCUT2D eigenvalue weighted by Gasteiger charge is 2.20. The van der Waals surface area contributed by atoms with E-state index in [-0.39, 0.29) is 6.04 Å². The lowest BCUT2D eigenvalue weighted by molar-refractivity contribution is -0.891. The van der Waals surface area contributed by atoms with E-state index in [0.717, 1.165) is 11.4 Å². The average molecular weight is 304 g/mol. The van der Waals surface area contributed by atoms with E-state index in [1.54, 1.807) is 6.26 Å². The van der Waals surface area contributed by atoms with Crippen molar-refractivity contribution in [2.75, 3.05) is 26.0 Å². The van der Waals surface area contributed by atoms with Crippen LogP contribution in [0, 0.1) is 6.92 Å². The predicted molar refractivity (Wildman–Crippen MR) is 89.7 cm³/mol. The number of hydrogen-bond acceptors (Lipinski definition) is 2. The van der Waals surface area contributed by atoms with Gasteiger partial charge in [0.05, 0.1) is 26.9 Å². The molecule has 0 spiro atoms. The maximum Gasteiger partial charge on any atom is 0.171 e. The molecule has 112 valence electrons. The van der Waals surface area contributed by atoms with Gasteiger partial charge in [-0.25, -0.2) is 0 Å². The van der Waals surface area contributed by atoms with Gasteiger partial charge in [0.15, 0.2) is 16.9 Å². The lowest BCUT2D eigenvalue weighted by atomic mass is 10.2. The van der Waals surface area contributed by atoms with E-state index in [9.17, 15) is 0 Å². The number of benzene rings is 1. The zero-order valence-electron chi connectivity index (χ0n) is 12.6. The predicted octanol–water partition coefficient (Wildman–Crippen LogP) is 1.76. The van der Waals surface area contributed by atoms with Gasteiger partial charge in [-0.05, 0) is 43.4 Å². The molecular weight excluding hydrogens is 282 g/mol. The van der Waals surface area contributed by atoms with Crippen molar-refractivity contribution in [1.29, 1.82) is 0 Å². The molecule has 1 aromatic heterocycles. The average Bonchev–Trinajstić information content (AvgIpc) is 2.95. The number of hydrogen-bond donors (Lipinski definition) is 3. The summed E-state index contributed by atoms with van der Waals surface area (Å²) in [6, 6.07) is 12.3. The normalized spacial score (nSPS) is 12.2. The Morgan fingerprint density at radius 1 is 1.24 bits per heavy atom. The van der Waals surface area contributed by atoms with Gasteiger partial charge < -0.3 is 20.0 Å². The molecule has 0 bridgehead atoms. The van der Waals surface area contributed by atoms with Gasteiger partial charge in [-0.15, -0.1) is 0 Å². The smallest absolute Gasteiger partial charge is 0.171 e. The summed E-state index contributed by atoms with van der Waals surface area (Å²) in [4.78, 5) is 1.29. The summed E-state index contributed by atoms with van der Waals surface area (Å²) in [5.41, 5.74) is 2.22. The highest BCUT2D eigenvalue weighted by Crippen LogP contribution is 2.10. The third-order valence-corrected chi connectivity index (χ3v) is 3.61. The Bertz CT molecular complexity index is 564. The van der Waals surface area contributed by atoms with Crippen molar-refractivity contribution in [3.05, 3.63) is 54.0 Å². The SMILES string of the molecule is Cc1ccc(NC(=S)NC[C@H](c2ccco2)[NH+](C)C)cc1. The minimum absolute atomic E-state index is 0.220. The van der Waals surface area contributed by atoms with Crippen molar-refractivity contribution in [3.63, 3.8) is 0 Å². The van der Waals surface area contributed by atoms with Crippen LogP contribution in [0.4, 0.5) is 5.69 Å². The van der Waals surface area contributed by atoms with Crippen molar-refractivity contribution in [3.8, 4) is 0 Å². The van der Waals surface area contributed by atoms with Crippen LogP contribution in [0.2, 0.25) is 0 Å². The Labute approximate surface area is 131 Å². The summed E-state index contributed by atoms with van der Waals surface area (Å²) < 4.78 is 5.50. The van der Waals surface area contributed by atoms with E-state index in [0.29, 0.717) is 11.7 Å². The van der Waals surface area contributed by atoms with Crippen LogP contribution in [0.5, 0.6) is 0 Å². The number of nitrogens with one attached hydrogen (secondary N) is 3. The van der Waals surface area contributed by atoms with Crippen molar-refractivity contribution in [2.24, 2.45) is 0 Å². The summed E-state index contributed by atoms with van der Waals surface area (Å²) in [5, 5.41) is 7.07. The molecule has 0 amide bonds. The number of likely N-dealkylation sites (N-methyl/N-ethyl adjacent to an activating group) is 1. The quantitative estimate of drug-likeness (QED) is 0.736. The van der Waals surface area contributed by atoms with Crippen LogP contribution in [0.3, 0.4) is 0 Å². The zero-order chi connectivity index (χ0) is 15.2. The number of thiocarbonyl (C=S) groups is 1. The summed E-state index contributed by atoms with van der Waals surface area (Å²) >= 11 is 5.34. The second kappa shape index (κ2) is 7.24. The van der Waals surface area contributed by atoms with E-state index in [1.165, 1.54) is 10.5 Å². The molecule has 1 atom stereocenters. The Kier molecular flexibility index (Phi) is 5.36. The first-order chi connectivity index (χ1) is 10.1. The summed E-state index contributed by atoms with van der Waals surface area (Å²) in [5.74, 6) is 0.959. The van der Waals surface area contributed by atoms with Crippen LogP contribution in [0.15, 0.2) is 47.1 Å². The first-order valence-electron chi connectivity index (χ1n) is 7.01. The number of furan rings is 1. The highest BCUT2D eigenvalue weighted by molar-refractivity contribution is 7.80. The lowest BCUT2D eigenvalue weighted by Crippen LogP contribution is -3.07. The third kappa shape index (κ3) is 4.58. The number of rotatable bonds is 5. The van der Waals surface area contributed by atoms with Gasteiger partial charge in [0.1, 0.15) is 0 Å². The lowest BCUT2D eigenvalue weighted by Gasteiger charge is -2.20. The molecule has 0 saturated heterocycles. The van der Waals surface area contributed by atoms with Gasteiger partial charge in [-0.1, -0.05) is 17.7 Å². The zero-order valence-corrected chi connectivity index (χ0v) is 13.5. The van der Waals surface area contributed by atoms with Gasteiger partial charge in [0, 0.05) is 5.69 Å². The van der Waals surface area contributed by atoms with Gasteiger partial charge in [-0.3, -0.25) is 0 Å². The fraction of sp³-hybridized carbons (Fsp3) is 0.312. The molecule has 1 heterocycles. The first kappa shape index (κ1) is 15.5. The van der Waals surface area contributed by atoms with E-state index in [1.807, 2.05) is 24.3 Å². The Morgan fingerprint density at radius 2 is 1.95 bits per heavy atom. The second-order valence-electron chi connectivity index (χ2n) is 5.35. The molecule has 0 aliphatic carbocycles. The van der Waals surface area contributed by atoms with E-state index < -0.39 is 0 Å². The molecule has 3 N–H and O–H groups in total. The standard InChI is InChI=1S/C16H21N3OS/c1-12-6-8-13(9-7-12)18-16(21)17-11-14(19(2)3)15-5-4-10-20-15/h4-10,14H,11H2,1-3H3,(H2,17,18,21)/p+1/t14-/m1/s1. The Balaban J connectivity index is 1.89. The molecule has 2 rings (SSSR count). The maximum atomic E-state index is 5.50. The molecule has 0 radical (unpaired) electrons. The van der Waals surface area contributed by atoms with E-state index in [4.69, 9.17) is 16.6 Å². The van der Waals surface area contributed by atoms with Crippen LogP contribution in [0.25, 0.3) is 0 Å². The molecular formula is C16H22N3OS+. The van der Waals surface area contributed by atoms with E-state index >= 15 is 0 Å². The molecule has 0 saturated carbocycles. The molecule has 4 nitrogen and oxygen atoms in total. The fourth-order valence-corrected chi connectivity index (χ4v) is 2.29. The van der Waals surface area contributed by atoms with Gasteiger partial charge >= 0.3 is 0 Å². The van der Waals surface area contributed by atoms with Gasteiger partial charge in [-0.2, -0.15) is 0 Å². The molecule has 0 fully saturated rings. The molecule has 0 unspecified atom stereocenters. The largest absolute Gasteiger partial charge is 0.463 e. The minimum Gasteiger partial charge on any atom is -0.463 e. The first-order valence-corrected chi connectivity index (χ1v) is 7.42. The Hall–Kier alpha value is -1.85. The minimum atomic E-state index is 0.220. The van der Waals surface area contributed by atoms with Crippen LogP contribution in [-0.4, -0.2) is 25.8 Å². The molecule has 1 aromatic carbocycles. The highest BCUT2D eigenvalue weighted by atomic mass is 32.1. The molecule has 0 aliphatic rings. The number of aryl methyl sites for hydroxylation is 1. The van der Waals surface area contributed by atoms with Crippen molar-refractivity contribution >= 4 is 23.0 Å². The molecule has 2 aromatic rings. The van der Waals surface area contributed by atoms with Crippen molar-refractivity contribution < 1.29 is 9.32 Å². The monoisotopic (exact) mass is 304 g/mol. The maximum absolute atomic E-state index is 5.50.